The van der Waals surface area contributed by atoms with Gasteiger partial charge in [-0.25, -0.2) is 0 Å². The van der Waals surface area contributed by atoms with Crippen LogP contribution in [-0.4, -0.2) is 41.8 Å². The fraction of sp³-hybridized carbons (Fsp3) is 1.00. The largest absolute Gasteiger partial charge is 0.390 e. The lowest BCUT2D eigenvalue weighted by molar-refractivity contribution is 0.119. The SMILES string of the molecule is NCC1CCCN(CCC2(O)CC2)CC1. The Bertz CT molecular complexity index is 204. The van der Waals surface area contributed by atoms with Crippen LogP contribution < -0.4 is 5.73 Å². The molecular weight excluding hydrogens is 188 g/mol. The third-order valence-electron chi connectivity index (χ3n) is 3.99. The van der Waals surface area contributed by atoms with Crippen molar-refractivity contribution in [3.05, 3.63) is 0 Å². The molecule has 1 aliphatic heterocycles. The zero-order valence-electron chi connectivity index (χ0n) is 9.62. The summed E-state index contributed by atoms with van der Waals surface area (Å²) in [4.78, 5) is 2.51. The summed E-state index contributed by atoms with van der Waals surface area (Å²) in [7, 11) is 0. The molecule has 2 rings (SSSR count). The summed E-state index contributed by atoms with van der Waals surface area (Å²) < 4.78 is 0. The maximum atomic E-state index is 9.78. The van der Waals surface area contributed by atoms with Crippen molar-refractivity contribution in [1.29, 1.82) is 0 Å². The highest BCUT2D eigenvalue weighted by molar-refractivity contribution is 4.93. The Balaban J connectivity index is 1.68. The number of likely N-dealkylation sites (tertiary alicyclic amines) is 1. The maximum Gasteiger partial charge on any atom is 0.0662 e. The summed E-state index contributed by atoms with van der Waals surface area (Å²) in [6, 6.07) is 0. The Morgan fingerprint density at radius 3 is 2.73 bits per heavy atom. The average Bonchev–Trinajstić information content (AvgIpc) is 2.99. The van der Waals surface area contributed by atoms with Gasteiger partial charge in [-0.2, -0.15) is 0 Å². The van der Waals surface area contributed by atoms with Crippen molar-refractivity contribution < 1.29 is 5.11 Å². The van der Waals surface area contributed by atoms with Gasteiger partial charge in [0.05, 0.1) is 5.60 Å². The molecule has 1 saturated carbocycles. The molecule has 3 N–H and O–H groups in total. The van der Waals surface area contributed by atoms with Gasteiger partial charge >= 0.3 is 0 Å². The summed E-state index contributed by atoms with van der Waals surface area (Å²) >= 11 is 0. The molecule has 1 unspecified atom stereocenters. The molecule has 2 aliphatic rings. The summed E-state index contributed by atoms with van der Waals surface area (Å²) in [5.74, 6) is 0.735. The molecule has 0 aromatic heterocycles. The summed E-state index contributed by atoms with van der Waals surface area (Å²) in [6.07, 6.45) is 6.82. The van der Waals surface area contributed by atoms with Crippen LogP contribution in [0.2, 0.25) is 0 Å². The number of hydrogen-bond donors (Lipinski definition) is 2. The minimum absolute atomic E-state index is 0.278. The summed E-state index contributed by atoms with van der Waals surface area (Å²) in [5.41, 5.74) is 5.43. The van der Waals surface area contributed by atoms with E-state index in [1.165, 1.54) is 32.4 Å². The van der Waals surface area contributed by atoms with Crippen LogP contribution in [0.5, 0.6) is 0 Å². The van der Waals surface area contributed by atoms with Gasteiger partial charge in [0.1, 0.15) is 0 Å². The Labute approximate surface area is 92.6 Å². The van der Waals surface area contributed by atoms with Gasteiger partial charge in [0.2, 0.25) is 0 Å². The Hall–Kier alpha value is -0.120. The smallest absolute Gasteiger partial charge is 0.0662 e. The zero-order chi connectivity index (χ0) is 10.7. The first-order valence-corrected chi connectivity index (χ1v) is 6.37. The van der Waals surface area contributed by atoms with Crippen molar-refractivity contribution in [2.75, 3.05) is 26.2 Å². The number of rotatable bonds is 4. The lowest BCUT2D eigenvalue weighted by Crippen LogP contribution is -2.29. The minimum Gasteiger partial charge on any atom is -0.390 e. The van der Waals surface area contributed by atoms with E-state index in [-0.39, 0.29) is 5.60 Å². The Kier molecular flexibility index (Phi) is 3.65. The monoisotopic (exact) mass is 212 g/mol. The third kappa shape index (κ3) is 3.44. The van der Waals surface area contributed by atoms with Crippen molar-refractivity contribution in [1.82, 2.24) is 4.90 Å². The van der Waals surface area contributed by atoms with E-state index in [2.05, 4.69) is 4.90 Å². The van der Waals surface area contributed by atoms with E-state index < -0.39 is 0 Å². The van der Waals surface area contributed by atoms with Gasteiger partial charge in [-0.1, -0.05) is 0 Å². The van der Waals surface area contributed by atoms with E-state index in [1.807, 2.05) is 0 Å². The number of hydrogen-bond acceptors (Lipinski definition) is 3. The first kappa shape index (κ1) is 11.4. The fourth-order valence-electron chi connectivity index (χ4n) is 2.44. The molecule has 1 aliphatic carbocycles. The quantitative estimate of drug-likeness (QED) is 0.730. The molecule has 0 aromatic rings. The molecule has 0 aromatic carbocycles. The molecule has 0 spiro atoms. The molecule has 0 radical (unpaired) electrons. The number of nitrogens with zero attached hydrogens (tertiary/aromatic N) is 1. The van der Waals surface area contributed by atoms with Gasteiger partial charge < -0.3 is 15.7 Å². The topological polar surface area (TPSA) is 49.5 Å². The molecule has 3 heteroatoms. The molecule has 0 bridgehead atoms. The molecule has 15 heavy (non-hydrogen) atoms. The second-order valence-electron chi connectivity index (χ2n) is 5.35. The first-order chi connectivity index (χ1) is 7.22. The molecule has 2 fully saturated rings. The molecule has 1 heterocycles. The summed E-state index contributed by atoms with van der Waals surface area (Å²) in [6.45, 7) is 4.30. The highest BCUT2D eigenvalue weighted by atomic mass is 16.3. The van der Waals surface area contributed by atoms with Crippen LogP contribution in [0.3, 0.4) is 0 Å². The van der Waals surface area contributed by atoms with Crippen molar-refractivity contribution in [3.63, 3.8) is 0 Å². The molecule has 0 amide bonds. The van der Waals surface area contributed by atoms with Crippen LogP contribution in [0, 0.1) is 5.92 Å². The van der Waals surface area contributed by atoms with Gasteiger partial charge in [0.25, 0.3) is 0 Å². The van der Waals surface area contributed by atoms with E-state index in [1.54, 1.807) is 0 Å². The van der Waals surface area contributed by atoms with E-state index in [0.29, 0.717) is 0 Å². The predicted molar refractivity (Wildman–Crippen MR) is 61.6 cm³/mol. The molecule has 3 nitrogen and oxygen atoms in total. The van der Waals surface area contributed by atoms with Gasteiger partial charge in [0.15, 0.2) is 0 Å². The normalized spacial score (nSPS) is 31.2. The van der Waals surface area contributed by atoms with Crippen LogP contribution in [0.15, 0.2) is 0 Å². The van der Waals surface area contributed by atoms with Crippen molar-refractivity contribution >= 4 is 0 Å². The fourth-order valence-corrected chi connectivity index (χ4v) is 2.44. The van der Waals surface area contributed by atoms with E-state index in [4.69, 9.17) is 5.73 Å². The second-order valence-corrected chi connectivity index (χ2v) is 5.35. The zero-order valence-corrected chi connectivity index (χ0v) is 9.62. The minimum atomic E-state index is -0.278. The van der Waals surface area contributed by atoms with Crippen molar-refractivity contribution in [3.8, 4) is 0 Å². The van der Waals surface area contributed by atoms with Crippen LogP contribution in [-0.2, 0) is 0 Å². The van der Waals surface area contributed by atoms with Gasteiger partial charge in [-0.15, -0.1) is 0 Å². The lowest BCUT2D eigenvalue weighted by Gasteiger charge is -2.21. The highest BCUT2D eigenvalue weighted by Crippen LogP contribution is 2.38. The average molecular weight is 212 g/mol. The van der Waals surface area contributed by atoms with E-state index in [9.17, 15) is 5.11 Å². The molecule has 1 atom stereocenters. The number of nitrogens with two attached hydrogens (primary N) is 1. The Morgan fingerprint density at radius 2 is 2.07 bits per heavy atom. The van der Waals surface area contributed by atoms with E-state index >= 15 is 0 Å². The van der Waals surface area contributed by atoms with Crippen LogP contribution in [0.4, 0.5) is 0 Å². The van der Waals surface area contributed by atoms with Crippen LogP contribution in [0.1, 0.15) is 38.5 Å². The highest BCUT2D eigenvalue weighted by Gasteiger charge is 2.39. The lowest BCUT2D eigenvalue weighted by atomic mass is 10.0. The van der Waals surface area contributed by atoms with Crippen molar-refractivity contribution in [2.45, 2.75) is 44.1 Å². The maximum absolute atomic E-state index is 9.78. The third-order valence-corrected chi connectivity index (χ3v) is 3.99. The molecular formula is C12H24N2O. The molecule has 88 valence electrons. The predicted octanol–water partition coefficient (Wildman–Crippen LogP) is 0.962. The van der Waals surface area contributed by atoms with Crippen LogP contribution in [0.25, 0.3) is 0 Å². The van der Waals surface area contributed by atoms with E-state index in [0.717, 1.165) is 38.3 Å². The molecule has 1 saturated heterocycles. The number of aliphatic hydroxyl groups is 1. The van der Waals surface area contributed by atoms with Gasteiger partial charge in [0, 0.05) is 6.54 Å². The summed E-state index contributed by atoms with van der Waals surface area (Å²) in [5, 5.41) is 9.78. The Morgan fingerprint density at radius 1 is 1.27 bits per heavy atom. The second kappa shape index (κ2) is 4.81. The van der Waals surface area contributed by atoms with Gasteiger partial charge in [-0.3, -0.25) is 0 Å². The van der Waals surface area contributed by atoms with Crippen molar-refractivity contribution in [2.24, 2.45) is 11.7 Å². The van der Waals surface area contributed by atoms with Crippen LogP contribution >= 0.6 is 0 Å². The first-order valence-electron chi connectivity index (χ1n) is 6.37. The standard InChI is InChI=1S/C12H24N2O/c13-10-11-2-1-7-14(8-3-11)9-6-12(15)4-5-12/h11,15H,1-10,13H2. The van der Waals surface area contributed by atoms with Gasteiger partial charge in [-0.05, 0) is 64.1 Å².